The quantitative estimate of drug-likeness (QED) is 0.740. The van der Waals surface area contributed by atoms with Crippen molar-refractivity contribution >= 4 is 33.2 Å². The number of aryl methyl sites for hydroxylation is 2. The van der Waals surface area contributed by atoms with Crippen molar-refractivity contribution in [1.29, 1.82) is 0 Å². The van der Waals surface area contributed by atoms with Gasteiger partial charge < -0.3 is 5.32 Å². The molecule has 0 saturated heterocycles. The number of halogens is 1. The van der Waals surface area contributed by atoms with E-state index in [-0.39, 0.29) is 11.4 Å². The van der Waals surface area contributed by atoms with E-state index in [1.54, 1.807) is 28.0 Å². The van der Waals surface area contributed by atoms with Crippen molar-refractivity contribution in [2.45, 2.75) is 45.6 Å². The summed E-state index contributed by atoms with van der Waals surface area (Å²) >= 11 is 1.64. The Labute approximate surface area is 149 Å². The van der Waals surface area contributed by atoms with Gasteiger partial charge in [0.05, 0.1) is 5.39 Å². The molecular formula is C19H20FN3OS. The topological polar surface area (TPSA) is 46.9 Å². The molecule has 130 valence electrons. The Hall–Kier alpha value is -2.21. The van der Waals surface area contributed by atoms with Crippen LogP contribution in [0.3, 0.4) is 0 Å². The van der Waals surface area contributed by atoms with Crippen molar-refractivity contribution in [3.05, 3.63) is 50.9 Å². The molecule has 0 radical (unpaired) electrons. The van der Waals surface area contributed by atoms with Gasteiger partial charge in [-0.2, -0.15) is 0 Å². The summed E-state index contributed by atoms with van der Waals surface area (Å²) in [5.74, 6) is 0.246. The van der Waals surface area contributed by atoms with Crippen molar-refractivity contribution in [2.75, 3.05) is 5.32 Å². The molecule has 25 heavy (non-hydrogen) atoms. The summed E-state index contributed by atoms with van der Waals surface area (Å²) in [5.41, 5.74) is 1.97. The van der Waals surface area contributed by atoms with E-state index in [4.69, 9.17) is 4.98 Å². The first kappa shape index (κ1) is 16.3. The van der Waals surface area contributed by atoms with Crippen LogP contribution in [0.1, 0.15) is 36.6 Å². The van der Waals surface area contributed by atoms with E-state index >= 15 is 0 Å². The molecular weight excluding hydrogens is 337 g/mol. The molecule has 1 aromatic carbocycles. The molecule has 1 aliphatic rings. The third kappa shape index (κ3) is 2.95. The zero-order chi connectivity index (χ0) is 17.4. The Morgan fingerprint density at radius 2 is 2.00 bits per heavy atom. The second-order valence-electron chi connectivity index (χ2n) is 6.42. The van der Waals surface area contributed by atoms with Crippen LogP contribution in [0.4, 0.5) is 16.0 Å². The highest BCUT2D eigenvalue weighted by atomic mass is 32.1. The smallest absolute Gasteiger partial charge is 0.263 e. The fourth-order valence-corrected chi connectivity index (χ4v) is 4.68. The van der Waals surface area contributed by atoms with Gasteiger partial charge in [0.1, 0.15) is 10.6 Å². The first-order valence-corrected chi connectivity index (χ1v) is 9.56. The molecule has 4 rings (SSSR count). The number of nitrogens with one attached hydrogen (secondary N) is 1. The van der Waals surface area contributed by atoms with Crippen LogP contribution in [-0.2, 0) is 19.4 Å². The molecule has 0 unspecified atom stereocenters. The minimum absolute atomic E-state index is 0.0378. The molecule has 0 atom stereocenters. The van der Waals surface area contributed by atoms with Crippen LogP contribution in [0.5, 0.6) is 0 Å². The predicted octanol–water partition coefficient (Wildman–Crippen LogP) is 4.63. The zero-order valence-electron chi connectivity index (χ0n) is 14.1. The molecule has 0 fully saturated rings. The highest BCUT2D eigenvalue weighted by molar-refractivity contribution is 7.18. The van der Waals surface area contributed by atoms with Crippen molar-refractivity contribution in [2.24, 2.45) is 0 Å². The van der Waals surface area contributed by atoms with Crippen LogP contribution in [0.15, 0.2) is 29.1 Å². The average molecular weight is 357 g/mol. The van der Waals surface area contributed by atoms with Gasteiger partial charge in [-0.25, -0.2) is 9.37 Å². The van der Waals surface area contributed by atoms with Gasteiger partial charge >= 0.3 is 0 Å². The summed E-state index contributed by atoms with van der Waals surface area (Å²) in [5, 5.41) is 3.99. The van der Waals surface area contributed by atoms with Crippen LogP contribution in [0.25, 0.3) is 10.2 Å². The average Bonchev–Trinajstić information content (AvgIpc) is 2.98. The Morgan fingerprint density at radius 3 is 2.76 bits per heavy atom. The van der Waals surface area contributed by atoms with E-state index in [1.165, 1.54) is 29.0 Å². The number of aromatic nitrogens is 2. The summed E-state index contributed by atoms with van der Waals surface area (Å²) in [7, 11) is 0. The van der Waals surface area contributed by atoms with Crippen molar-refractivity contribution in [1.82, 2.24) is 9.55 Å². The number of anilines is 2. The van der Waals surface area contributed by atoms with Crippen molar-refractivity contribution < 1.29 is 4.39 Å². The maximum absolute atomic E-state index is 13.1. The van der Waals surface area contributed by atoms with Crippen LogP contribution in [-0.4, -0.2) is 9.55 Å². The first-order chi connectivity index (χ1) is 12.2. The van der Waals surface area contributed by atoms with Crippen LogP contribution >= 0.6 is 11.3 Å². The Kier molecular flexibility index (Phi) is 4.29. The molecule has 3 aromatic rings. The minimum atomic E-state index is -0.286. The number of rotatable bonds is 4. The molecule has 0 spiro atoms. The molecule has 0 saturated carbocycles. The number of hydrogen-bond acceptors (Lipinski definition) is 4. The Balaban J connectivity index is 1.86. The predicted molar refractivity (Wildman–Crippen MR) is 100 cm³/mol. The van der Waals surface area contributed by atoms with Gasteiger partial charge in [-0.05, 0) is 61.9 Å². The number of thiophene rings is 1. The minimum Gasteiger partial charge on any atom is -0.325 e. The SMILES string of the molecule is CCCn1c(Nc2ccc(F)cc2)nc2sc3c(c2c1=O)CCCC3. The van der Waals surface area contributed by atoms with E-state index in [2.05, 4.69) is 5.32 Å². The standard InChI is InChI=1S/C19H20FN3OS/c1-2-11-23-18(24)16-14-5-3-4-6-15(14)25-17(16)22-19(23)21-13-9-7-12(20)8-10-13/h7-10H,2-6,11H2,1H3,(H,21,22). The molecule has 1 N–H and O–H groups in total. The molecule has 0 bridgehead atoms. The van der Waals surface area contributed by atoms with Gasteiger partial charge in [0.2, 0.25) is 5.95 Å². The summed E-state index contributed by atoms with van der Waals surface area (Å²) in [6.07, 6.45) is 5.19. The molecule has 2 aromatic heterocycles. The highest BCUT2D eigenvalue weighted by Crippen LogP contribution is 2.34. The molecule has 1 aliphatic carbocycles. The Bertz CT molecular complexity index is 975. The van der Waals surface area contributed by atoms with Gasteiger partial charge in [-0.15, -0.1) is 11.3 Å². The first-order valence-electron chi connectivity index (χ1n) is 8.75. The number of hydrogen-bond donors (Lipinski definition) is 1. The summed E-state index contributed by atoms with van der Waals surface area (Å²) in [4.78, 5) is 20.0. The monoisotopic (exact) mass is 357 g/mol. The highest BCUT2D eigenvalue weighted by Gasteiger charge is 2.21. The molecule has 0 amide bonds. The lowest BCUT2D eigenvalue weighted by Gasteiger charge is -2.14. The van der Waals surface area contributed by atoms with Gasteiger partial charge in [-0.1, -0.05) is 6.92 Å². The number of benzene rings is 1. The van der Waals surface area contributed by atoms with Gasteiger partial charge in [-0.3, -0.25) is 9.36 Å². The maximum Gasteiger partial charge on any atom is 0.263 e. The lowest BCUT2D eigenvalue weighted by Crippen LogP contribution is -2.24. The lowest BCUT2D eigenvalue weighted by atomic mass is 9.97. The van der Waals surface area contributed by atoms with Crippen molar-refractivity contribution in [3.63, 3.8) is 0 Å². The molecule has 2 heterocycles. The summed E-state index contributed by atoms with van der Waals surface area (Å²) in [6, 6.07) is 6.10. The number of fused-ring (bicyclic) bond motifs is 3. The fourth-order valence-electron chi connectivity index (χ4n) is 3.43. The third-order valence-electron chi connectivity index (χ3n) is 4.62. The van der Waals surface area contributed by atoms with Gasteiger partial charge in [0, 0.05) is 17.1 Å². The molecule has 4 nitrogen and oxygen atoms in total. The zero-order valence-corrected chi connectivity index (χ0v) is 15.0. The fraction of sp³-hybridized carbons (Fsp3) is 0.368. The lowest BCUT2D eigenvalue weighted by molar-refractivity contribution is 0.628. The molecule has 0 aliphatic heterocycles. The van der Waals surface area contributed by atoms with E-state index in [9.17, 15) is 9.18 Å². The van der Waals surface area contributed by atoms with E-state index in [0.717, 1.165) is 41.6 Å². The van der Waals surface area contributed by atoms with E-state index in [0.29, 0.717) is 12.5 Å². The molecule has 6 heteroatoms. The van der Waals surface area contributed by atoms with E-state index < -0.39 is 0 Å². The second kappa shape index (κ2) is 6.59. The summed E-state index contributed by atoms with van der Waals surface area (Å²) in [6.45, 7) is 2.65. The van der Waals surface area contributed by atoms with Crippen molar-refractivity contribution in [3.8, 4) is 0 Å². The summed E-state index contributed by atoms with van der Waals surface area (Å²) < 4.78 is 14.8. The van der Waals surface area contributed by atoms with E-state index in [1.807, 2.05) is 6.92 Å². The normalized spacial score (nSPS) is 13.8. The Morgan fingerprint density at radius 1 is 1.24 bits per heavy atom. The van der Waals surface area contributed by atoms with Crippen LogP contribution in [0, 0.1) is 5.82 Å². The maximum atomic E-state index is 13.1. The largest absolute Gasteiger partial charge is 0.325 e. The van der Waals surface area contributed by atoms with Crippen LogP contribution in [0.2, 0.25) is 0 Å². The van der Waals surface area contributed by atoms with Gasteiger partial charge in [0.15, 0.2) is 0 Å². The second-order valence-corrected chi connectivity index (χ2v) is 7.50. The number of nitrogens with zero attached hydrogens (tertiary/aromatic N) is 2. The van der Waals surface area contributed by atoms with Gasteiger partial charge in [0.25, 0.3) is 5.56 Å². The van der Waals surface area contributed by atoms with Crippen LogP contribution < -0.4 is 10.9 Å². The third-order valence-corrected chi connectivity index (χ3v) is 5.81.